The molecule has 0 spiro atoms. The first kappa shape index (κ1) is 14.9. The van der Waals surface area contributed by atoms with E-state index in [1.165, 1.54) is 12.0 Å². The van der Waals surface area contributed by atoms with Crippen molar-refractivity contribution in [3.05, 3.63) is 29.3 Å². The summed E-state index contributed by atoms with van der Waals surface area (Å²) in [6.07, 6.45) is 3.44. The van der Waals surface area contributed by atoms with Crippen LogP contribution in [-0.4, -0.2) is 30.5 Å². The van der Waals surface area contributed by atoms with Crippen LogP contribution in [0.4, 0.5) is 0 Å². The lowest BCUT2D eigenvalue weighted by atomic mass is 10.0. The Kier molecular flexibility index (Phi) is 5.05. The van der Waals surface area contributed by atoms with E-state index in [1.807, 2.05) is 24.0 Å². The lowest BCUT2D eigenvalue weighted by molar-refractivity contribution is -0.133. The Morgan fingerprint density at radius 3 is 2.90 bits per heavy atom. The van der Waals surface area contributed by atoms with Gasteiger partial charge in [-0.1, -0.05) is 19.1 Å². The highest BCUT2D eigenvalue weighted by atomic mass is 16.5. The van der Waals surface area contributed by atoms with Crippen molar-refractivity contribution in [3.8, 4) is 5.75 Å². The van der Waals surface area contributed by atoms with Gasteiger partial charge >= 0.3 is 0 Å². The Morgan fingerprint density at radius 1 is 1.30 bits per heavy atom. The molecular formula is C17H25NO2. The van der Waals surface area contributed by atoms with Crippen molar-refractivity contribution in [1.82, 2.24) is 4.90 Å². The molecule has 1 aromatic carbocycles. The molecule has 0 aromatic heterocycles. The molecule has 0 radical (unpaired) electrons. The predicted octanol–water partition coefficient (Wildman–Crippen LogP) is 3.33. The number of nitrogens with zero attached hydrogens (tertiary/aromatic N) is 1. The Balaban J connectivity index is 1.90. The van der Waals surface area contributed by atoms with Crippen LogP contribution in [0.5, 0.6) is 5.75 Å². The fraction of sp³-hybridized carbons (Fsp3) is 0.588. The zero-order valence-electron chi connectivity index (χ0n) is 12.8. The van der Waals surface area contributed by atoms with Gasteiger partial charge in [0.1, 0.15) is 5.75 Å². The molecular weight excluding hydrogens is 250 g/mol. The monoisotopic (exact) mass is 275 g/mol. The third-order valence-corrected chi connectivity index (χ3v) is 4.28. The molecule has 1 aliphatic heterocycles. The van der Waals surface area contributed by atoms with Crippen LogP contribution in [0, 0.1) is 19.8 Å². The predicted molar refractivity (Wildman–Crippen MR) is 81.0 cm³/mol. The molecule has 0 N–H and O–H groups in total. The number of hydrogen-bond acceptors (Lipinski definition) is 2. The number of rotatable bonds is 3. The summed E-state index contributed by atoms with van der Waals surface area (Å²) < 4.78 is 5.71. The highest BCUT2D eigenvalue weighted by Gasteiger charge is 2.19. The second-order valence-corrected chi connectivity index (χ2v) is 5.90. The zero-order valence-corrected chi connectivity index (χ0v) is 12.8. The van der Waals surface area contributed by atoms with Gasteiger partial charge in [-0.2, -0.15) is 0 Å². The van der Waals surface area contributed by atoms with E-state index < -0.39 is 0 Å². The van der Waals surface area contributed by atoms with Crippen LogP contribution in [0.1, 0.15) is 37.3 Å². The minimum Gasteiger partial charge on any atom is -0.483 e. The van der Waals surface area contributed by atoms with Crippen LogP contribution in [0.15, 0.2) is 18.2 Å². The Hall–Kier alpha value is -1.51. The van der Waals surface area contributed by atoms with Gasteiger partial charge in [0.05, 0.1) is 0 Å². The lowest BCUT2D eigenvalue weighted by Gasteiger charge is -2.21. The fourth-order valence-electron chi connectivity index (χ4n) is 2.62. The van der Waals surface area contributed by atoms with Crippen molar-refractivity contribution < 1.29 is 9.53 Å². The number of hydrogen-bond donors (Lipinski definition) is 0. The molecule has 3 nitrogen and oxygen atoms in total. The first-order valence-corrected chi connectivity index (χ1v) is 7.54. The lowest BCUT2D eigenvalue weighted by Crippen LogP contribution is -2.35. The molecule has 1 aromatic rings. The molecule has 0 saturated carbocycles. The number of ether oxygens (including phenoxy) is 1. The smallest absolute Gasteiger partial charge is 0.260 e. The zero-order chi connectivity index (χ0) is 14.5. The summed E-state index contributed by atoms with van der Waals surface area (Å²) in [7, 11) is 0. The molecule has 1 heterocycles. The molecule has 1 fully saturated rings. The molecule has 20 heavy (non-hydrogen) atoms. The Bertz CT molecular complexity index is 470. The van der Waals surface area contributed by atoms with Gasteiger partial charge in [0.15, 0.2) is 6.61 Å². The van der Waals surface area contributed by atoms with E-state index in [9.17, 15) is 4.79 Å². The summed E-state index contributed by atoms with van der Waals surface area (Å²) in [5.74, 6) is 1.66. The van der Waals surface area contributed by atoms with Crippen LogP contribution in [0.25, 0.3) is 0 Å². The number of aryl methyl sites for hydroxylation is 1. The topological polar surface area (TPSA) is 29.5 Å². The maximum Gasteiger partial charge on any atom is 0.260 e. The summed E-state index contributed by atoms with van der Waals surface area (Å²) in [4.78, 5) is 14.2. The van der Waals surface area contributed by atoms with Gasteiger partial charge in [0.25, 0.3) is 5.91 Å². The quantitative estimate of drug-likeness (QED) is 0.847. The number of likely N-dealkylation sites (tertiary alicyclic amines) is 1. The fourth-order valence-corrected chi connectivity index (χ4v) is 2.62. The first-order valence-electron chi connectivity index (χ1n) is 7.54. The standard InChI is InChI=1S/C17H25NO2/c1-13-6-5-10-18(11-9-13)17(19)12-20-16-8-4-7-14(2)15(16)3/h4,7-8,13H,5-6,9-12H2,1-3H3. The number of carbonyl (C=O) groups is 1. The summed E-state index contributed by atoms with van der Waals surface area (Å²) >= 11 is 0. The van der Waals surface area contributed by atoms with Crippen molar-refractivity contribution in [2.45, 2.75) is 40.0 Å². The van der Waals surface area contributed by atoms with Gasteiger partial charge in [-0.25, -0.2) is 0 Å². The molecule has 1 amide bonds. The van der Waals surface area contributed by atoms with Crippen LogP contribution in [-0.2, 0) is 4.79 Å². The van der Waals surface area contributed by atoms with E-state index in [0.29, 0.717) is 0 Å². The van der Waals surface area contributed by atoms with E-state index in [2.05, 4.69) is 19.9 Å². The molecule has 0 bridgehead atoms. The summed E-state index contributed by atoms with van der Waals surface area (Å²) in [5.41, 5.74) is 2.31. The second kappa shape index (κ2) is 6.78. The molecule has 3 heteroatoms. The molecule has 1 unspecified atom stereocenters. The molecule has 0 aliphatic carbocycles. The third-order valence-electron chi connectivity index (χ3n) is 4.28. The number of amides is 1. The van der Waals surface area contributed by atoms with Crippen molar-refractivity contribution in [1.29, 1.82) is 0 Å². The van der Waals surface area contributed by atoms with Gasteiger partial charge in [0.2, 0.25) is 0 Å². The second-order valence-electron chi connectivity index (χ2n) is 5.90. The normalized spacial score (nSPS) is 19.6. The summed E-state index contributed by atoms with van der Waals surface area (Å²) in [6, 6.07) is 5.95. The molecule has 2 rings (SSSR count). The SMILES string of the molecule is Cc1cccc(OCC(=O)N2CCCC(C)CC2)c1C. The average Bonchev–Trinajstić information content (AvgIpc) is 2.65. The summed E-state index contributed by atoms with van der Waals surface area (Å²) in [6.45, 7) is 8.25. The van der Waals surface area contributed by atoms with Gasteiger partial charge < -0.3 is 9.64 Å². The van der Waals surface area contributed by atoms with Crippen molar-refractivity contribution in [2.75, 3.05) is 19.7 Å². The van der Waals surface area contributed by atoms with E-state index >= 15 is 0 Å². The van der Waals surface area contributed by atoms with Gasteiger partial charge in [-0.05, 0) is 56.2 Å². The van der Waals surface area contributed by atoms with Crippen LogP contribution in [0.3, 0.4) is 0 Å². The van der Waals surface area contributed by atoms with E-state index in [0.717, 1.165) is 43.2 Å². The maximum atomic E-state index is 12.2. The van der Waals surface area contributed by atoms with E-state index in [1.54, 1.807) is 0 Å². The van der Waals surface area contributed by atoms with E-state index in [4.69, 9.17) is 4.74 Å². The van der Waals surface area contributed by atoms with Crippen LogP contribution >= 0.6 is 0 Å². The Labute approximate surface area is 121 Å². The largest absolute Gasteiger partial charge is 0.483 e. The van der Waals surface area contributed by atoms with Gasteiger partial charge in [0, 0.05) is 13.1 Å². The van der Waals surface area contributed by atoms with Crippen molar-refractivity contribution in [2.24, 2.45) is 5.92 Å². The van der Waals surface area contributed by atoms with Crippen molar-refractivity contribution in [3.63, 3.8) is 0 Å². The van der Waals surface area contributed by atoms with Gasteiger partial charge in [-0.15, -0.1) is 0 Å². The Morgan fingerprint density at radius 2 is 2.10 bits per heavy atom. The highest BCUT2D eigenvalue weighted by molar-refractivity contribution is 5.77. The molecule has 110 valence electrons. The van der Waals surface area contributed by atoms with Crippen LogP contribution < -0.4 is 4.74 Å². The minimum atomic E-state index is 0.111. The minimum absolute atomic E-state index is 0.111. The molecule has 1 saturated heterocycles. The van der Waals surface area contributed by atoms with Crippen molar-refractivity contribution >= 4 is 5.91 Å². The summed E-state index contributed by atoms with van der Waals surface area (Å²) in [5, 5.41) is 0. The average molecular weight is 275 g/mol. The number of benzene rings is 1. The molecule has 1 atom stereocenters. The molecule has 1 aliphatic rings. The van der Waals surface area contributed by atoms with E-state index in [-0.39, 0.29) is 12.5 Å². The maximum absolute atomic E-state index is 12.2. The first-order chi connectivity index (χ1) is 9.58. The highest BCUT2D eigenvalue weighted by Crippen LogP contribution is 2.21. The van der Waals surface area contributed by atoms with Gasteiger partial charge in [-0.3, -0.25) is 4.79 Å². The van der Waals surface area contributed by atoms with Crippen LogP contribution in [0.2, 0.25) is 0 Å². The number of carbonyl (C=O) groups excluding carboxylic acids is 1. The third kappa shape index (κ3) is 3.75.